The fourth-order valence-electron chi connectivity index (χ4n) is 1.87. The van der Waals surface area contributed by atoms with Crippen molar-refractivity contribution in [3.8, 4) is 0 Å². The summed E-state index contributed by atoms with van der Waals surface area (Å²) in [5.74, 6) is -0.766. The molecule has 6 nitrogen and oxygen atoms in total. The summed E-state index contributed by atoms with van der Waals surface area (Å²) in [6, 6.07) is -0.434. The SMILES string of the molecule is C[C@@H](C(=O)O)N(CCCN)CCCCNCCCN. The van der Waals surface area contributed by atoms with Crippen molar-refractivity contribution in [2.45, 2.75) is 38.6 Å². The summed E-state index contributed by atoms with van der Waals surface area (Å²) in [6.45, 7) is 6.54. The summed E-state index contributed by atoms with van der Waals surface area (Å²) in [5, 5.41) is 12.4. The molecule has 19 heavy (non-hydrogen) atoms. The highest BCUT2D eigenvalue weighted by Gasteiger charge is 2.19. The average molecular weight is 274 g/mol. The minimum absolute atomic E-state index is 0.434. The van der Waals surface area contributed by atoms with Gasteiger partial charge < -0.3 is 21.9 Å². The van der Waals surface area contributed by atoms with Crippen LogP contribution in [-0.2, 0) is 4.79 Å². The zero-order valence-corrected chi connectivity index (χ0v) is 12.1. The number of nitrogens with zero attached hydrogens (tertiary/aromatic N) is 1. The highest BCUT2D eigenvalue weighted by molar-refractivity contribution is 5.72. The van der Waals surface area contributed by atoms with Crippen molar-refractivity contribution in [1.29, 1.82) is 0 Å². The van der Waals surface area contributed by atoms with Crippen molar-refractivity contribution in [2.75, 3.05) is 39.3 Å². The summed E-state index contributed by atoms with van der Waals surface area (Å²) in [5.41, 5.74) is 10.9. The van der Waals surface area contributed by atoms with Crippen LogP contribution in [-0.4, -0.2) is 61.3 Å². The maximum absolute atomic E-state index is 11.0. The third-order valence-corrected chi connectivity index (χ3v) is 3.16. The molecular weight excluding hydrogens is 244 g/mol. The lowest BCUT2D eigenvalue weighted by molar-refractivity contribution is -0.142. The van der Waals surface area contributed by atoms with Crippen LogP contribution in [0.3, 0.4) is 0 Å². The first kappa shape index (κ1) is 18.3. The van der Waals surface area contributed by atoms with Crippen LogP contribution < -0.4 is 16.8 Å². The predicted octanol–water partition coefficient (Wildman–Crippen LogP) is -0.171. The number of nitrogens with one attached hydrogen (secondary N) is 1. The maximum Gasteiger partial charge on any atom is 0.320 e. The lowest BCUT2D eigenvalue weighted by Crippen LogP contribution is -2.40. The largest absolute Gasteiger partial charge is 0.480 e. The molecule has 6 heteroatoms. The third-order valence-electron chi connectivity index (χ3n) is 3.16. The Morgan fingerprint density at radius 3 is 2.26 bits per heavy atom. The van der Waals surface area contributed by atoms with Crippen molar-refractivity contribution in [1.82, 2.24) is 10.2 Å². The first-order chi connectivity index (χ1) is 9.13. The second-order valence-electron chi connectivity index (χ2n) is 4.79. The van der Waals surface area contributed by atoms with Gasteiger partial charge in [-0.1, -0.05) is 0 Å². The number of unbranched alkanes of at least 4 members (excludes halogenated alkanes) is 1. The van der Waals surface area contributed by atoms with E-state index >= 15 is 0 Å². The summed E-state index contributed by atoms with van der Waals surface area (Å²) in [4.78, 5) is 13.0. The normalized spacial score (nSPS) is 12.8. The monoisotopic (exact) mass is 274 g/mol. The first-order valence-corrected chi connectivity index (χ1v) is 7.21. The van der Waals surface area contributed by atoms with Crippen LogP contribution in [0.1, 0.15) is 32.6 Å². The molecule has 0 fully saturated rings. The van der Waals surface area contributed by atoms with Crippen LogP contribution >= 0.6 is 0 Å². The van der Waals surface area contributed by atoms with Crippen molar-refractivity contribution >= 4 is 5.97 Å². The van der Waals surface area contributed by atoms with Crippen LogP contribution in [0.5, 0.6) is 0 Å². The summed E-state index contributed by atoms with van der Waals surface area (Å²) in [6.07, 6.45) is 3.89. The van der Waals surface area contributed by atoms with E-state index in [1.165, 1.54) is 0 Å². The minimum atomic E-state index is -0.766. The van der Waals surface area contributed by atoms with E-state index < -0.39 is 12.0 Å². The van der Waals surface area contributed by atoms with E-state index in [2.05, 4.69) is 5.32 Å². The number of carboxylic acid groups (broad SMARTS) is 1. The van der Waals surface area contributed by atoms with Gasteiger partial charge in [0, 0.05) is 6.54 Å². The Morgan fingerprint density at radius 2 is 1.68 bits per heavy atom. The molecule has 0 aromatic heterocycles. The van der Waals surface area contributed by atoms with Crippen molar-refractivity contribution < 1.29 is 9.90 Å². The Bertz CT molecular complexity index is 227. The molecule has 0 rings (SSSR count). The van der Waals surface area contributed by atoms with Gasteiger partial charge in [0.2, 0.25) is 0 Å². The smallest absolute Gasteiger partial charge is 0.320 e. The number of nitrogens with two attached hydrogens (primary N) is 2. The molecule has 0 aliphatic heterocycles. The molecule has 1 atom stereocenters. The molecule has 0 unspecified atom stereocenters. The van der Waals surface area contributed by atoms with Gasteiger partial charge in [-0.05, 0) is 65.3 Å². The van der Waals surface area contributed by atoms with Crippen LogP contribution in [0, 0.1) is 0 Å². The van der Waals surface area contributed by atoms with Gasteiger partial charge in [0.15, 0.2) is 0 Å². The second-order valence-corrected chi connectivity index (χ2v) is 4.79. The van der Waals surface area contributed by atoms with Gasteiger partial charge in [0.25, 0.3) is 0 Å². The highest BCUT2D eigenvalue weighted by atomic mass is 16.4. The molecule has 0 saturated heterocycles. The Balaban J connectivity index is 3.76. The van der Waals surface area contributed by atoms with E-state index in [0.717, 1.165) is 58.4 Å². The van der Waals surface area contributed by atoms with Gasteiger partial charge in [-0.15, -0.1) is 0 Å². The zero-order valence-electron chi connectivity index (χ0n) is 12.1. The Kier molecular flexibility index (Phi) is 11.9. The van der Waals surface area contributed by atoms with Crippen LogP contribution in [0.25, 0.3) is 0 Å². The van der Waals surface area contributed by atoms with E-state index in [1.807, 2.05) is 4.90 Å². The molecule has 0 aliphatic rings. The summed E-state index contributed by atoms with van der Waals surface area (Å²) < 4.78 is 0. The molecule has 0 aliphatic carbocycles. The Morgan fingerprint density at radius 1 is 1.11 bits per heavy atom. The van der Waals surface area contributed by atoms with Gasteiger partial charge in [0.05, 0.1) is 0 Å². The van der Waals surface area contributed by atoms with Gasteiger partial charge in [-0.3, -0.25) is 9.69 Å². The minimum Gasteiger partial charge on any atom is -0.480 e. The molecular formula is C13H30N4O2. The molecule has 0 heterocycles. The molecule has 0 radical (unpaired) electrons. The standard InChI is InChI=1S/C13H30N4O2/c1-12(13(18)19)17(11-5-7-15)10-3-2-8-16-9-4-6-14/h12,16H,2-11,14-15H2,1H3,(H,18,19)/t12-/m0/s1. The van der Waals surface area contributed by atoms with E-state index in [1.54, 1.807) is 6.92 Å². The highest BCUT2D eigenvalue weighted by Crippen LogP contribution is 2.03. The first-order valence-electron chi connectivity index (χ1n) is 7.21. The van der Waals surface area contributed by atoms with E-state index in [0.29, 0.717) is 6.54 Å². The van der Waals surface area contributed by atoms with Crippen molar-refractivity contribution in [2.24, 2.45) is 11.5 Å². The van der Waals surface area contributed by atoms with Crippen molar-refractivity contribution in [3.05, 3.63) is 0 Å². The topological polar surface area (TPSA) is 105 Å². The lowest BCUT2D eigenvalue weighted by Gasteiger charge is -2.26. The van der Waals surface area contributed by atoms with Crippen molar-refractivity contribution in [3.63, 3.8) is 0 Å². The Hall–Kier alpha value is -0.690. The third kappa shape index (κ3) is 9.84. The maximum atomic E-state index is 11.0. The fourth-order valence-corrected chi connectivity index (χ4v) is 1.87. The van der Waals surface area contributed by atoms with E-state index in [9.17, 15) is 4.79 Å². The molecule has 6 N–H and O–H groups in total. The number of aliphatic carboxylic acids is 1. The second kappa shape index (κ2) is 12.3. The molecule has 0 bridgehead atoms. The number of carboxylic acids is 1. The number of carbonyl (C=O) groups is 1. The molecule has 114 valence electrons. The predicted molar refractivity (Wildman–Crippen MR) is 78.1 cm³/mol. The van der Waals surface area contributed by atoms with Crippen LogP contribution in [0.2, 0.25) is 0 Å². The van der Waals surface area contributed by atoms with E-state index in [-0.39, 0.29) is 0 Å². The quantitative estimate of drug-likeness (QED) is 0.348. The lowest BCUT2D eigenvalue weighted by atomic mass is 10.2. The van der Waals surface area contributed by atoms with Gasteiger partial charge >= 0.3 is 5.97 Å². The van der Waals surface area contributed by atoms with E-state index in [4.69, 9.17) is 16.6 Å². The van der Waals surface area contributed by atoms with Gasteiger partial charge in [-0.2, -0.15) is 0 Å². The van der Waals surface area contributed by atoms with Gasteiger partial charge in [-0.25, -0.2) is 0 Å². The number of hydrogen-bond acceptors (Lipinski definition) is 5. The van der Waals surface area contributed by atoms with Gasteiger partial charge in [0.1, 0.15) is 6.04 Å². The molecule has 0 amide bonds. The molecule has 0 aromatic rings. The molecule has 0 aromatic carbocycles. The molecule has 0 saturated carbocycles. The van der Waals surface area contributed by atoms with Crippen LogP contribution in [0.15, 0.2) is 0 Å². The number of hydrogen-bond donors (Lipinski definition) is 4. The fraction of sp³-hybridized carbons (Fsp3) is 0.923. The average Bonchev–Trinajstić information content (AvgIpc) is 2.40. The zero-order chi connectivity index (χ0) is 14.5. The molecule has 0 spiro atoms. The number of rotatable bonds is 13. The van der Waals surface area contributed by atoms with Crippen LogP contribution in [0.4, 0.5) is 0 Å². The summed E-state index contributed by atoms with van der Waals surface area (Å²) in [7, 11) is 0. The summed E-state index contributed by atoms with van der Waals surface area (Å²) >= 11 is 0. The Labute approximate surface area is 116 Å².